The Hall–Kier alpha value is -2.98. The van der Waals surface area contributed by atoms with E-state index >= 15 is 0 Å². The van der Waals surface area contributed by atoms with Crippen LogP contribution >= 0.6 is 0 Å². The average molecular weight is 390 g/mol. The maximum Gasteiger partial charge on any atom is 0.235 e. The molecular formula is C25H29N2O2+. The van der Waals surface area contributed by atoms with Gasteiger partial charge >= 0.3 is 0 Å². The predicted molar refractivity (Wildman–Crippen MR) is 115 cm³/mol. The summed E-state index contributed by atoms with van der Waals surface area (Å²) in [6.07, 6.45) is 0. The van der Waals surface area contributed by atoms with Crippen molar-refractivity contribution in [1.82, 2.24) is 4.98 Å². The highest BCUT2D eigenvalue weighted by molar-refractivity contribution is 6.04. The van der Waals surface area contributed by atoms with E-state index in [1.165, 1.54) is 12.5 Å². The lowest BCUT2D eigenvalue weighted by atomic mass is 9.96. The van der Waals surface area contributed by atoms with Gasteiger partial charge in [-0.3, -0.25) is 9.59 Å². The van der Waals surface area contributed by atoms with Gasteiger partial charge in [0.05, 0.1) is 5.69 Å². The van der Waals surface area contributed by atoms with E-state index in [-0.39, 0.29) is 23.7 Å². The van der Waals surface area contributed by atoms with Crippen molar-refractivity contribution in [3.63, 3.8) is 0 Å². The van der Waals surface area contributed by atoms with Crippen LogP contribution in [0.4, 0.5) is 0 Å². The number of Topliss-reactive ketones (excluding diaryl/α,β-unsaturated/α-hetero) is 2. The van der Waals surface area contributed by atoms with E-state index in [1.807, 2.05) is 39.0 Å². The van der Waals surface area contributed by atoms with Crippen molar-refractivity contribution in [3.05, 3.63) is 93.8 Å². The first-order valence-corrected chi connectivity index (χ1v) is 10.0. The summed E-state index contributed by atoms with van der Waals surface area (Å²) in [7, 11) is 0. The smallest absolute Gasteiger partial charge is 0.235 e. The van der Waals surface area contributed by atoms with Crippen LogP contribution in [-0.4, -0.2) is 22.6 Å². The van der Waals surface area contributed by atoms with Crippen molar-refractivity contribution in [2.45, 2.75) is 46.7 Å². The summed E-state index contributed by atoms with van der Waals surface area (Å²) < 4.78 is 0. The molecule has 0 aliphatic carbocycles. The molecule has 0 aliphatic heterocycles. The second-order valence-electron chi connectivity index (χ2n) is 7.83. The summed E-state index contributed by atoms with van der Waals surface area (Å²) in [5.74, 6) is -0.0140. The number of quaternary nitrogens is 1. The first-order chi connectivity index (χ1) is 13.8. The Morgan fingerprint density at radius 3 is 2.03 bits per heavy atom. The van der Waals surface area contributed by atoms with E-state index in [9.17, 15) is 9.59 Å². The van der Waals surface area contributed by atoms with Gasteiger partial charge in [-0.25, -0.2) is 0 Å². The molecule has 4 heteroatoms. The lowest BCUT2D eigenvalue weighted by Gasteiger charge is -2.20. The Morgan fingerprint density at radius 1 is 0.897 bits per heavy atom. The molecule has 1 aromatic heterocycles. The number of benzene rings is 2. The Kier molecular flexibility index (Phi) is 6.14. The molecule has 0 fully saturated rings. The number of hydrogen-bond donors (Lipinski definition) is 2. The second kappa shape index (κ2) is 8.58. The van der Waals surface area contributed by atoms with E-state index in [0.29, 0.717) is 11.3 Å². The average Bonchev–Trinajstić information content (AvgIpc) is 3.01. The number of ketones is 2. The van der Waals surface area contributed by atoms with Crippen LogP contribution in [0.25, 0.3) is 0 Å². The van der Waals surface area contributed by atoms with Gasteiger partial charge in [0, 0.05) is 22.4 Å². The van der Waals surface area contributed by atoms with Gasteiger partial charge in [-0.15, -0.1) is 0 Å². The van der Waals surface area contributed by atoms with E-state index in [2.05, 4.69) is 53.6 Å². The molecule has 0 spiro atoms. The molecule has 0 saturated carbocycles. The molecule has 4 nitrogen and oxygen atoms in total. The molecule has 0 saturated heterocycles. The lowest BCUT2D eigenvalue weighted by Crippen LogP contribution is -2.92. The van der Waals surface area contributed by atoms with Crippen LogP contribution in [-0.2, 0) is 0 Å². The number of nitrogens with one attached hydrogen (secondary N) is 1. The highest BCUT2D eigenvalue weighted by Gasteiger charge is 2.29. The zero-order valence-electron chi connectivity index (χ0n) is 17.7. The number of carbonyl (C=O) groups is 2. The number of rotatable bonds is 7. The third-order valence-electron chi connectivity index (χ3n) is 5.53. The Bertz CT molecular complexity index is 1020. The van der Waals surface area contributed by atoms with Crippen LogP contribution in [0.3, 0.4) is 0 Å². The molecule has 3 N–H and O–H groups in total. The molecule has 29 heavy (non-hydrogen) atoms. The van der Waals surface area contributed by atoms with Gasteiger partial charge in [0.25, 0.3) is 0 Å². The van der Waals surface area contributed by atoms with Gasteiger partial charge in [0.15, 0.2) is 5.78 Å². The Morgan fingerprint density at radius 2 is 1.48 bits per heavy atom. The van der Waals surface area contributed by atoms with Crippen LogP contribution in [0.2, 0.25) is 0 Å². The van der Waals surface area contributed by atoms with Crippen LogP contribution in [0.5, 0.6) is 0 Å². The van der Waals surface area contributed by atoms with Crippen molar-refractivity contribution in [3.8, 4) is 0 Å². The quantitative estimate of drug-likeness (QED) is 0.598. The summed E-state index contributed by atoms with van der Waals surface area (Å²) in [4.78, 5) is 28.3. The molecule has 2 atom stereocenters. The van der Waals surface area contributed by atoms with Gasteiger partial charge in [0.2, 0.25) is 5.78 Å². The fraction of sp³-hybridized carbons (Fsp3) is 0.280. The predicted octanol–water partition coefficient (Wildman–Crippen LogP) is 4.07. The maximum absolute atomic E-state index is 13.2. The van der Waals surface area contributed by atoms with Gasteiger partial charge < -0.3 is 10.3 Å². The number of carbonyl (C=O) groups excluding carboxylic acids is 2. The fourth-order valence-corrected chi connectivity index (χ4v) is 3.98. The number of aromatic amines is 1. The van der Waals surface area contributed by atoms with E-state index < -0.39 is 0 Å². The number of nitrogens with two attached hydrogens (primary N) is 1. The number of H-pyrrole nitrogens is 1. The molecule has 150 valence electrons. The minimum atomic E-state index is -0.307. The van der Waals surface area contributed by atoms with Gasteiger partial charge in [-0.2, -0.15) is 0 Å². The third kappa shape index (κ3) is 4.38. The van der Waals surface area contributed by atoms with Gasteiger partial charge in [0.1, 0.15) is 12.1 Å². The topological polar surface area (TPSA) is 66.5 Å². The SMILES string of the molecule is CC(=O)c1c(C)[nH]c(C(=O)[C@H](C)[NH2+][C@H](c2ccccc2)c2ccc(C)cc2)c1C. The number of aryl methyl sites for hydroxylation is 2. The molecule has 2 aromatic carbocycles. The van der Waals surface area contributed by atoms with Gasteiger partial charge in [-0.1, -0.05) is 60.2 Å². The van der Waals surface area contributed by atoms with Gasteiger partial charge in [-0.05, 0) is 40.2 Å². The first kappa shape index (κ1) is 20.7. The van der Waals surface area contributed by atoms with Crippen LogP contribution in [0, 0.1) is 20.8 Å². The lowest BCUT2D eigenvalue weighted by molar-refractivity contribution is -0.703. The maximum atomic E-state index is 13.2. The van der Waals surface area contributed by atoms with E-state index in [1.54, 1.807) is 0 Å². The van der Waals surface area contributed by atoms with E-state index in [0.717, 1.165) is 22.4 Å². The molecule has 0 radical (unpaired) electrons. The summed E-state index contributed by atoms with van der Waals surface area (Å²) in [5.41, 5.74) is 6.17. The Balaban J connectivity index is 1.92. The number of aromatic nitrogens is 1. The molecule has 3 rings (SSSR count). The van der Waals surface area contributed by atoms with Crippen molar-refractivity contribution >= 4 is 11.6 Å². The van der Waals surface area contributed by atoms with E-state index in [4.69, 9.17) is 0 Å². The molecular weight excluding hydrogens is 360 g/mol. The zero-order valence-corrected chi connectivity index (χ0v) is 17.7. The summed E-state index contributed by atoms with van der Waals surface area (Å²) >= 11 is 0. The summed E-state index contributed by atoms with van der Waals surface area (Å²) in [6.45, 7) is 9.22. The van der Waals surface area contributed by atoms with Crippen LogP contribution in [0.15, 0.2) is 54.6 Å². The normalized spacial score (nSPS) is 13.1. The molecule has 3 aromatic rings. The molecule has 0 amide bonds. The first-order valence-electron chi connectivity index (χ1n) is 10.0. The largest absolute Gasteiger partial charge is 0.355 e. The standard InChI is InChI=1S/C25H28N2O2/c1-15-11-13-21(14-12-15)24(20-9-7-6-8-10-20)27-18(4)25(29)23-16(2)22(19(5)28)17(3)26-23/h6-14,18,24,26-27H,1-5H3/p+1/t18-,24+/m0/s1. The molecule has 0 aliphatic rings. The fourth-order valence-electron chi connectivity index (χ4n) is 3.98. The minimum absolute atomic E-state index is 0.00569. The third-order valence-corrected chi connectivity index (χ3v) is 5.53. The molecule has 0 unspecified atom stereocenters. The van der Waals surface area contributed by atoms with Crippen LogP contribution in [0.1, 0.15) is 68.7 Å². The highest BCUT2D eigenvalue weighted by atomic mass is 16.1. The highest BCUT2D eigenvalue weighted by Crippen LogP contribution is 2.21. The zero-order chi connectivity index (χ0) is 21.1. The molecule has 0 bridgehead atoms. The van der Waals surface area contributed by atoms with Crippen molar-refractivity contribution in [2.75, 3.05) is 0 Å². The van der Waals surface area contributed by atoms with Crippen molar-refractivity contribution in [1.29, 1.82) is 0 Å². The van der Waals surface area contributed by atoms with Crippen molar-refractivity contribution in [2.24, 2.45) is 0 Å². The Labute approximate surface area is 172 Å². The number of hydrogen-bond acceptors (Lipinski definition) is 2. The molecule has 1 heterocycles. The summed E-state index contributed by atoms with van der Waals surface area (Å²) in [6, 6.07) is 18.4. The summed E-state index contributed by atoms with van der Waals surface area (Å²) in [5, 5.41) is 2.10. The van der Waals surface area contributed by atoms with Crippen molar-refractivity contribution < 1.29 is 14.9 Å². The monoisotopic (exact) mass is 389 g/mol. The van der Waals surface area contributed by atoms with Crippen LogP contribution < -0.4 is 5.32 Å². The second-order valence-corrected chi connectivity index (χ2v) is 7.83. The minimum Gasteiger partial charge on any atom is -0.355 e.